The van der Waals surface area contributed by atoms with Gasteiger partial charge in [-0.15, -0.1) is 0 Å². The second-order valence-corrected chi connectivity index (χ2v) is 9.79. The summed E-state index contributed by atoms with van der Waals surface area (Å²) in [5, 5.41) is 5.33. The summed E-state index contributed by atoms with van der Waals surface area (Å²) in [6, 6.07) is 41.1. The smallest absolute Gasteiger partial charge is 0.144 e. The molecule has 0 aliphatic carbocycles. The van der Waals surface area contributed by atoms with Gasteiger partial charge in [0.1, 0.15) is 34.2 Å². The zero-order chi connectivity index (χ0) is 18.5. The second kappa shape index (κ2) is 9.19. The lowest BCUT2D eigenvalue weighted by Crippen LogP contribution is -3.00. The van der Waals surface area contributed by atoms with Crippen LogP contribution in [0.15, 0.2) is 115 Å². The molecule has 0 spiro atoms. The summed E-state index contributed by atoms with van der Waals surface area (Å²) in [5.41, 5.74) is 0. The predicted molar refractivity (Wildman–Crippen MR) is 118 cm³/mol. The fourth-order valence-corrected chi connectivity index (χ4v) is 7.95. The number of hydrogen-bond donors (Lipinski definition) is 0. The summed E-state index contributed by atoms with van der Waals surface area (Å²) < 4.78 is 5.58. The van der Waals surface area contributed by atoms with E-state index in [4.69, 9.17) is 4.74 Å². The summed E-state index contributed by atoms with van der Waals surface area (Å²) in [5.74, 6) is 0.889. The van der Waals surface area contributed by atoms with E-state index in [1.165, 1.54) is 21.2 Å². The van der Waals surface area contributed by atoms with Crippen molar-refractivity contribution in [2.24, 2.45) is 0 Å². The van der Waals surface area contributed by atoms with E-state index in [1.807, 2.05) is 6.07 Å². The molecule has 4 aromatic rings. The predicted octanol–water partition coefficient (Wildman–Crippen LogP) is 1.32. The molecule has 0 radical (unpaired) electrons. The molecular weight excluding hydrogens is 427 g/mol. The molecule has 0 saturated carbocycles. The Morgan fingerprint density at radius 1 is 0.500 bits per heavy atom. The van der Waals surface area contributed by atoms with Gasteiger partial charge in [-0.1, -0.05) is 60.7 Å². The van der Waals surface area contributed by atoms with E-state index in [2.05, 4.69) is 109 Å². The van der Waals surface area contributed by atoms with Gasteiger partial charge < -0.3 is 21.7 Å². The molecule has 0 fully saturated rings. The highest BCUT2D eigenvalue weighted by molar-refractivity contribution is 8.01. The minimum atomic E-state index is -2.03. The van der Waals surface area contributed by atoms with Gasteiger partial charge in [0, 0.05) is 6.07 Å². The van der Waals surface area contributed by atoms with Crippen molar-refractivity contribution in [2.45, 2.75) is 0 Å². The molecule has 0 aliphatic rings. The van der Waals surface area contributed by atoms with Crippen LogP contribution in [0.3, 0.4) is 0 Å². The Morgan fingerprint density at radius 3 is 1.29 bits per heavy atom. The highest BCUT2D eigenvalue weighted by Crippen LogP contribution is 2.54. The second-order valence-electron chi connectivity index (χ2n) is 6.38. The molecule has 4 rings (SSSR count). The van der Waals surface area contributed by atoms with Crippen LogP contribution in [-0.4, -0.2) is 7.11 Å². The summed E-state index contributed by atoms with van der Waals surface area (Å²) in [6.07, 6.45) is 0. The van der Waals surface area contributed by atoms with E-state index < -0.39 is 7.26 Å². The lowest BCUT2D eigenvalue weighted by molar-refractivity contribution is -0.00000548. The molecule has 4 aromatic carbocycles. The van der Waals surface area contributed by atoms with Crippen molar-refractivity contribution in [1.82, 2.24) is 0 Å². The summed E-state index contributed by atoms with van der Waals surface area (Å²) in [4.78, 5) is 0. The fraction of sp³-hybridized carbons (Fsp3) is 0.0400. The maximum atomic E-state index is 5.58. The first kappa shape index (κ1) is 20.3. The molecule has 0 atom stereocenters. The third kappa shape index (κ3) is 3.63. The maximum absolute atomic E-state index is 5.58. The number of ether oxygens (including phenoxy) is 1. The van der Waals surface area contributed by atoms with Crippen molar-refractivity contribution in [3.05, 3.63) is 115 Å². The Labute approximate surface area is 178 Å². The van der Waals surface area contributed by atoms with Gasteiger partial charge in [-0.3, -0.25) is 0 Å². The van der Waals surface area contributed by atoms with E-state index in [0.29, 0.717) is 0 Å². The van der Waals surface area contributed by atoms with Crippen LogP contribution in [0.5, 0.6) is 5.75 Å². The van der Waals surface area contributed by atoms with E-state index >= 15 is 0 Å². The zero-order valence-electron chi connectivity index (χ0n) is 15.7. The number of benzene rings is 4. The van der Waals surface area contributed by atoms with Crippen LogP contribution in [-0.2, 0) is 0 Å². The molecule has 0 aromatic heterocycles. The van der Waals surface area contributed by atoms with E-state index in [9.17, 15) is 0 Å². The van der Waals surface area contributed by atoms with Crippen LogP contribution >= 0.6 is 7.26 Å². The number of methoxy groups -OCH3 is 1. The molecule has 0 bridgehead atoms. The molecule has 140 valence electrons. The highest BCUT2D eigenvalue weighted by atomic mass is 79.9. The normalized spacial score (nSPS) is 10.8. The summed E-state index contributed by atoms with van der Waals surface area (Å²) >= 11 is 0. The average molecular weight is 449 g/mol. The highest BCUT2D eigenvalue weighted by Gasteiger charge is 2.47. The van der Waals surface area contributed by atoms with Gasteiger partial charge in [0.2, 0.25) is 0 Å². The Bertz CT molecular complexity index is 907. The molecule has 0 unspecified atom stereocenters. The molecule has 28 heavy (non-hydrogen) atoms. The molecule has 1 nitrogen and oxygen atoms in total. The monoisotopic (exact) mass is 448 g/mol. The Balaban J connectivity index is 0.00000225. The van der Waals surface area contributed by atoms with Crippen molar-refractivity contribution >= 4 is 28.5 Å². The maximum Gasteiger partial charge on any atom is 0.144 e. The number of hydrogen-bond acceptors (Lipinski definition) is 1. The third-order valence-electron chi connectivity index (χ3n) is 4.87. The average Bonchev–Trinajstić information content (AvgIpc) is 2.77. The van der Waals surface area contributed by atoms with E-state index in [1.54, 1.807) is 7.11 Å². The third-order valence-corrected chi connectivity index (χ3v) is 9.14. The van der Waals surface area contributed by atoms with Crippen LogP contribution in [0.1, 0.15) is 0 Å². The largest absolute Gasteiger partial charge is 1.00 e. The minimum absolute atomic E-state index is 0. The van der Waals surface area contributed by atoms with Crippen molar-refractivity contribution in [3.8, 4) is 5.75 Å². The first-order chi connectivity index (χ1) is 13.4. The van der Waals surface area contributed by atoms with Gasteiger partial charge in [-0.2, -0.15) is 0 Å². The number of halogens is 1. The SMILES string of the molecule is COc1cccc([P+](c2ccccc2)(c2ccccc2)c2ccccc2)c1.[Br-]. The van der Waals surface area contributed by atoms with Crippen molar-refractivity contribution in [1.29, 1.82) is 0 Å². The van der Waals surface area contributed by atoms with Gasteiger partial charge >= 0.3 is 0 Å². The van der Waals surface area contributed by atoms with Gasteiger partial charge in [0.05, 0.1) is 7.11 Å². The molecule has 0 saturated heterocycles. The molecular formula is C25H22BrOP. The van der Waals surface area contributed by atoms with Crippen LogP contribution in [0.2, 0.25) is 0 Å². The first-order valence-corrected chi connectivity index (χ1v) is 10.8. The van der Waals surface area contributed by atoms with Crippen molar-refractivity contribution in [2.75, 3.05) is 7.11 Å². The lowest BCUT2D eigenvalue weighted by Gasteiger charge is -2.27. The fourth-order valence-electron chi connectivity index (χ4n) is 3.67. The Kier molecular flexibility index (Phi) is 6.67. The quantitative estimate of drug-likeness (QED) is 0.418. The Morgan fingerprint density at radius 2 is 0.893 bits per heavy atom. The van der Waals surface area contributed by atoms with Gasteiger partial charge in [0.25, 0.3) is 0 Å². The topological polar surface area (TPSA) is 9.23 Å². The standard InChI is InChI=1S/C25H22OP.BrH/c1-26-21-12-11-19-25(20-21)27(22-13-5-2-6-14-22,23-15-7-3-8-16-23)24-17-9-4-10-18-24;/h2-20H,1H3;1H/q+1;/p-1. The summed E-state index contributed by atoms with van der Waals surface area (Å²) in [7, 11) is -0.297. The van der Waals surface area contributed by atoms with E-state index in [-0.39, 0.29) is 17.0 Å². The van der Waals surface area contributed by atoms with E-state index in [0.717, 1.165) is 5.75 Å². The molecule has 0 heterocycles. The van der Waals surface area contributed by atoms with Crippen molar-refractivity contribution in [3.63, 3.8) is 0 Å². The zero-order valence-corrected chi connectivity index (χ0v) is 18.2. The number of rotatable bonds is 5. The molecule has 0 amide bonds. The molecule has 3 heteroatoms. The van der Waals surface area contributed by atoms with Gasteiger partial charge in [-0.25, -0.2) is 0 Å². The van der Waals surface area contributed by atoms with Gasteiger partial charge in [-0.05, 0) is 48.5 Å². The van der Waals surface area contributed by atoms with Crippen LogP contribution < -0.4 is 42.9 Å². The van der Waals surface area contributed by atoms with Crippen LogP contribution in [0.4, 0.5) is 0 Å². The van der Waals surface area contributed by atoms with Crippen LogP contribution in [0, 0.1) is 0 Å². The molecule has 0 N–H and O–H groups in total. The first-order valence-electron chi connectivity index (χ1n) is 9.06. The van der Waals surface area contributed by atoms with Crippen LogP contribution in [0.25, 0.3) is 0 Å². The molecule has 0 aliphatic heterocycles. The summed E-state index contributed by atoms with van der Waals surface area (Å²) in [6.45, 7) is 0. The minimum Gasteiger partial charge on any atom is -1.00 e. The Hall–Kier alpha value is -2.41. The van der Waals surface area contributed by atoms with Crippen molar-refractivity contribution < 1.29 is 21.7 Å². The van der Waals surface area contributed by atoms with Gasteiger partial charge in [0.15, 0.2) is 0 Å². The lowest BCUT2D eigenvalue weighted by atomic mass is 10.3.